The average molecular weight is 1510 g/mol. The first-order valence-corrected chi connectivity index (χ1v) is 45.5. The molecule has 0 radical (unpaired) electrons. The third-order valence-electron chi connectivity index (χ3n) is 24.0. The molecule has 1 aliphatic carbocycles. The van der Waals surface area contributed by atoms with Gasteiger partial charge in [0.15, 0.2) is 30.0 Å². The van der Waals surface area contributed by atoms with E-state index in [1.165, 1.54) is 84.3 Å². The van der Waals surface area contributed by atoms with Crippen LogP contribution in [0, 0.1) is 0 Å². The third-order valence-corrected chi connectivity index (χ3v) is 38.3. The van der Waals surface area contributed by atoms with Crippen molar-refractivity contribution in [3.05, 3.63) is 442 Å². The molecule has 538 valence electrons. The van der Waals surface area contributed by atoms with Gasteiger partial charge in [-0.05, 0) is 134 Å². The largest absolute Gasteiger partial charge is 0.309 e. The lowest BCUT2D eigenvalue weighted by Crippen LogP contribution is -2.74. The zero-order valence-electron chi connectivity index (χ0n) is 62.7. The van der Waals surface area contributed by atoms with Gasteiger partial charge in [-0.1, -0.05) is 394 Å². The summed E-state index contributed by atoms with van der Waals surface area (Å²) in [5.41, 5.74) is 11.9. The second-order valence-corrected chi connectivity index (χ2v) is 41.4. The summed E-state index contributed by atoms with van der Waals surface area (Å²) in [6.07, 6.45) is 6.41. The average Bonchev–Trinajstić information content (AvgIpc) is 1.53. The van der Waals surface area contributed by atoms with Crippen molar-refractivity contribution in [1.29, 1.82) is 0 Å². The van der Waals surface area contributed by atoms with Crippen LogP contribution in [0.1, 0.15) is 17.7 Å². The van der Waals surface area contributed by atoms with Crippen LogP contribution >= 0.6 is 0 Å². The quantitative estimate of drug-likeness (QED) is 0.0674. The molecule has 16 aromatic carbocycles. The molecule has 21 rings (SSSR count). The summed E-state index contributed by atoms with van der Waals surface area (Å²) in [6, 6.07) is 159. The lowest BCUT2D eigenvalue weighted by atomic mass is 10.00. The van der Waals surface area contributed by atoms with Crippen molar-refractivity contribution >= 4 is 147 Å². The van der Waals surface area contributed by atoms with Crippen LogP contribution in [0.4, 0.5) is 0 Å². The van der Waals surface area contributed by atoms with Gasteiger partial charge in [-0.25, -0.2) is 0 Å². The van der Waals surface area contributed by atoms with Crippen LogP contribution < -0.4 is 62.2 Å². The number of benzene rings is 16. The second kappa shape index (κ2) is 28.4. The van der Waals surface area contributed by atoms with Crippen molar-refractivity contribution in [2.24, 2.45) is 0 Å². The Hall–Kier alpha value is -13.9. The lowest BCUT2D eigenvalue weighted by Gasteiger charge is -2.35. The smallest absolute Gasteiger partial charge is 0.240 e. The van der Waals surface area contributed by atoms with E-state index < -0.39 is 24.2 Å². The topological polar surface area (TPSA) is 53.5 Å². The molecule has 20 aromatic rings. The van der Waals surface area contributed by atoms with E-state index in [-0.39, 0.29) is 0 Å². The fraction of sp³-hybridized carbons (Fsp3) is 0.0190. The lowest BCUT2D eigenvalue weighted by molar-refractivity contribution is 0.868. The van der Waals surface area contributed by atoms with Crippen LogP contribution in [0.15, 0.2) is 431 Å². The number of rotatable bonds is 17. The van der Waals surface area contributed by atoms with Gasteiger partial charge < -0.3 is 4.57 Å². The van der Waals surface area contributed by atoms with E-state index >= 15 is 0 Å². The van der Waals surface area contributed by atoms with Crippen molar-refractivity contribution in [3.8, 4) is 40.1 Å². The van der Waals surface area contributed by atoms with Gasteiger partial charge in [0, 0.05) is 38.2 Å². The van der Waals surface area contributed by atoms with E-state index in [4.69, 9.17) is 15.0 Å². The molecule has 0 saturated carbocycles. The summed E-state index contributed by atoms with van der Waals surface area (Å²) >= 11 is 0. The van der Waals surface area contributed by atoms with Gasteiger partial charge in [0.1, 0.15) is 0 Å². The van der Waals surface area contributed by atoms with E-state index in [0.717, 1.165) is 78.9 Å². The SMILES string of the molecule is C1=Cc2c(c3ccc4c(c5ccccc5n4-c4cccc([Si](c5ccccc5)(c5ccccc5)c5ccccc5)c4)c3n2-c2nc(-c3cccc([Si](c4ccccc4)(c4ccccc4)c4cccc(-c5ccccc5)c4)c3)nc(-n3c4ccccc4c4ccc([Si](c5ccccc5)(c5ccccc5)c5ccccc5)cc43)n2)CC1. The number of allylic oxidation sites excluding steroid dienone is 1. The van der Waals surface area contributed by atoms with Gasteiger partial charge in [-0.2, -0.15) is 15.0 Å². The molecule has 0 atom stereocenters. The molecule has 4 aromatic heterocycles. The van der Waals surface area contributed by atoms with Gasteiger partial charge in [-0.15, -0.1) is 0 Å². The summed E-state index contributed by atoms with van der Waals surface area (Å²) in [4.78, 5) is 18.1. The Balaban J connectivity index is 0.856. The maximum Gasteiger partial charge on any atom is 0.240 e. The first kappa shape index (κ1) is 68.1. The van der Waals surface area contributed by atoms with E-state index in [2.05, 4.69) is 450 Å². The molecule has 0 fully saturated rings. The molecule has 114 heavy (non-hydrogen) atoms. The number of fused-ring (bicyclic) bond motifs is 10. The molecule has 0 spiro atoms. The summed E-state index contributed by atoms with van der Waals surface area (Å²) in [6.45, 7) is 0. The molecule has 0 amide bonds. The minimum atomic E-state index is -3.23. The van der Waals surface area contributed by atoms with Gasteiger partial charge >= 0.3 is 0 Å². The van der Waals surface area contributed by atoms with Crippen LogP contribution in [0.25, 0.3) is 101 Å². The van der Waals surface area contributed by atoms with E-state index in [0.29, 0.717) is 17.7 Å². The minimum absolute atomic E-state index is 0.519. The minimum Gasteiger partial charge on any atom is -0.309 e. The Kier molecular flexibility index (Phi) is 17.0. The Morgan fingerprint density at radius 1 is 0.237 bits per heavy atom. The predicted octanol–water partition coefficient (Wildman–Crippen LogP) is 16.4. The normalized spacial score (nSPS) is 12.5. The zero-order chi connectivity index (χ0) is 75.6. The monoisotopic (exact) mass is 1500 g/mol. The van der Waals surface area contributed by atoms with E-state index in [1.807, 2.05) is 0 Å². The molecular weight excluding hydrogens is 1430 g/mol. The van der Waals surface area contributed by atoms with Crippen LogP contribution in [0.5, 0.6) is 0 Å². The fourth-order valence-electron chi connectivity index (χ4n) is 19.2. The van der Waals surface area contributed by atoms with Crippen LogP contribution in [-0.4, -0.2) is 52.9 Å². The summed E-state index contributed by atoms with van der Waals surface area (Å²) < 4.78 is 7.27. The third kappa shape index (κ3) is 10.9. The molecule has 6 nitrogen and oxygen atoms in total. The van der Waals surface area contributed by atoms with Crippen molar-refractivity contribution in [2.45, 2.75) is 12.8 Å². The number of hydrogen-bond donors (Lipinski definition) is 0. The van der Waals surface area contributed by atoms with Crippen LogP contribution in [0.2, 0.25) is 0 Å². The highest BCUT2D eigenvalue weighted by Crippen LogP contribution is 2.43. The fourth-order valence-corrected chi connectivity index (χ4v) is 33.6. The molecule has 0 N–H and O–H groups in total. The van der Waals surface area contributed by atoms with Gasteiger partial charge in [0.05, 0.1) is 33.3 Å². The predicted molar refractivity (Wildman–Crippen MR) is 484 cm³/mol. The highest BCUT2D eigenvalue weighted by Gasteiger charge is 2.45. The van der Waals surface area contributed by atoms with Crippen molar-refractivity contribution in [3.63, 3.8) is 0 Å². The summed E-state index contributed by atoms with van der Waals surface area (Å²) in [7, 11) is -9.29. The molecular formula is C105H76N6Si3. The Bertz CT molecular complexity index is 6780. The van der Waals surface area contributed by atoms with Gasteiger partial charge in [0.2, 0.25) is 11.9 Å². The first-order valence-electron chi connectivity index (χ1n) is 39.5. The number of aromatic nitrogens is 6. The highest BCUT2D eigenvalue weighted by molar-refractivity contribution is 7.21. The number of hydrogen-bond acceptors (Lipinski definition) is 3. The maximum absolute atomic E-state index is 6.09. The van der Waals surface area contributed by atoms with Crippen molar-refractivity contribution in [1.82, 2.24) is 28.7 Å². The van der Waals surface area contributed by atoms with Gasteiger partial charge in [-0.3, -0.25) is 9.13 Å². The van der Waals surface area contributed by atoms with Gasteiger partial charge in [0.25, 0.3) is 0 Å². The van der Waals surface area contributed by atoms with Crippen LogP contribution in [0.3, 0.4) is 0 Å². The van der Waals surface area contributed by atoms with Crippen molar-refractivity contribution < 1.29 is 0 Å². The number of para-hydroxylation sites is 2. The second-order valence-electron chi connectivity index (χ2n) is 29.9. The van der Waals surface area contributed by atoms with E-state index in [1.54, 1.807) is 0 Å². The maximum atomic E-state index is 6.09. The number of aryl methyl sites for hydroxylation is 1. The first-order chi connectivity index (χ1) is 56.6. The molecule has 0 unspecified atom stereocenters. The molecule has 0 saturated heterocycles. The Labute approximate surface area is 665 Å². The molecule has 1 aliphatic rings. The molecule has 0 aliphatic heterocycles. The highest BCUT2D eigenvalue weighted by atomic mass is 28.3. The molecule has 4 heterocycles. The summed E-state index contributed by atoms with van der Waals surface area (Å²) in [5, 5.41) is 21.1. The Morgan fingerprint density at radius 2 is 0.605 bits per heavy atom. The van der Waals surface area contributed by atoms with Crippen molar-refractivity contribution in [2.75, 3.05) is 0 Å². The van der Waals surface area contributed by atoms with E-state index in [9.17, 15) is 0 Å². The summed E-state index contributed by atoms with van der Waals surface area (Å²) in [5.74, 6) is 1.61. The standard InChI is InChI=1S/C105H76N6Si3/c1-10-37-75(38-11-1)76-39-34-58-87(71-76)114(85-54-24-8-25-55-85,86-56-26-9-27-57-86)88-59-35-40-77(72-88)103-106-104(110-96-64-31-28-61-91(96)93-68-67-90(74-100(93)110)113(82-48-18-5-19-49-82,83-50-20-6-21-51-83)84-52-22-7-23-53-84)108-105(107-103)111-97-65-32-29-62-92(97)94-69-70-99-101(102(94)111)95-63-30-33-66-98(95)109(99)78-41-36-60-89(73-78)112(79-42-12-2-13-43-79,80-44-14-3-15-45-80)81-46-16-4-17-47-81/h1-28,30-61,63-74H,29,62H2. The molecule has 0 bridgehead atoms. The molecule has 9 heteroatoms. The number of nitrogens with zero attached hydrogens (tertiary/aromatic N) is 6. The Morgan fingerprint density at radius 3 is 1.11 bits per heavy atom. The zero-order valence-corrected chi connectivity index (χ0v) is 65.7. The van der Waals surface area contributed by atoms with Crippen LogP contribution in [-0.2, 0) is 6.42 Å².